The van der Waals surface area contributed by atoms with Gasteiger partial charge in [-0.2, -0.15) is 0 Å². The van der Waals surface area contributed by atoms with Gasteiger partial charge in [0.05, 0.1) is 28.6 Å². The maximum Gasteiger partial charge on any atom is 0.188 e. The highest BCUT2D eigenvalue weighted by Crippen LogP contribution is 2.53. The molecule has 0 atom stereocenters. The standard InChI is InChI=1S/C46H31N3/c1-46(2)39-19-7-4-16-34(39)37-23-25-43-44(45(37)46)38-28-31(47-3)22-24-42(38)49(43)33-15-11-13-30(27-33)29-12-10-14-32(26-29)48-40-20-8-5-17-35(40)36-18-6-9-21-41(36)48/h4-28H,1-2H3. The van der Waals surface area contributed by atoms with E-state index in [1.165, 1.54) is 49.4 Å². The topological polar surface area (TPSA) is 14.2 Å². The van der Waals surface area contributed by atoms with Crippen LogP contribution in [-0.4, -0.2) is 9.13 Å². The first-order valence-corrected chi connectivity index (χ1v) is 16.8. The molecular formula is C46H31N3. The predicted octanol–water partition coefficient (Wildman–Crippen LogP) is 12.4. The first-order valence-electron chi connectivity index (χ1n) is 16.8. The van der Waals surface area contributed by atoms with Crippen molar-refractivity contribution >= 4 is 49.3 Å². The summed E-state index contributed by atoms with van der Waals surface area (Å²) in [4.78, 5) is 3.84. The molecule has 1 aliphatic rings. The molecule has 0 unspecified atom stereocenters. The highest BCUT2D eigenvalue weighted by Gasteiger charge is 2.38. The lowest BCUT2D eigenvalue weighted by atomic mass is 9.80. The first kappa shape index (κ1) is 27.7. The zero-order valence-corrected chi connectivity index (χ0v) is 27.3. The van der Waals surface area contributed by atoms with Crippen LogP contribution in [0, 0.1) is 6.57 Å². The summed E-state index contributed by atoms with van der Waals surface area (Å²) in [5.41, 5.74) is 15.0. The molecule has 0 amide bonds. The minimum absolute atomic E-state index is 0.173. The zero-order chi connectivity index (χ0) is 32.9. The van der Waals surface area contributed by atoms with Crippen LogP contribution in [0.3, 0.4) is 0 Å². The highest BCUT2D eigenvalue weighted by molar-refractivity contribution is 6.15. The maximum atomic E-state index is 7.83. The Kier molecular flexibility index (Phi) is 5.69. The molecule has 230 valence electrons. The van der Waals surface area contributed by atoms with E-state index in [1.54, 1.807) is 0 Å². The van der Waals surface area contributed by atoms with Gasteiger partial charge >= 0.3 is 0 Å². The summed E-state index contributed by atoms with van der Waals surface area (Å²) >= 11 is 0. The fourth-order valence-corrected chi connectivity index (χ4v) is 8.57. The Balaban J connectivity index is 1.18. The predicted molar refractivity (Wildman–Crippen MR) is 204 cm³/mol. The summed E-state index contributed by atoms with van der Waals surface area (Å²) in [5.74, 6) is 0. The van der Waals surface area contributed by atoms with E-state index in [1.807, 2.05) is 6.07 Å². The van der Waals surface area contributed by atoms with Gasteiger partial charge in [0.2, 0.25) is 0 Å². The monoisotopic (exact) mass is 625 g/mol. The van der Waals surface area contributed by atoms with Crippen LogP contribution >= 0.6 is 0 Å². The fraction of sp³-hybridized carbons (Fsp3) is 0.0652. The number of para-hydroxylation sites is 2. The molecule has 3 nitrogen and oxygen atoms in total. The van der Waals surface area contributed by atoms with Crippen LogP contribution in [0.5, 0.6) is 0 Å². The van der Waals surface area contributed by atoms with Crippen LogP contribution < -0.4 is 0 Å². The number of fused-ring (bicyclic) bond motifs is 10. The Bertz CT molecular complexity index is 2820. The number of aromatic nitrogens is 2. The third-order valence-electron chi connectivity index (χ3n) is 10.7. The minimum atomic E-state index is -0.173. The molecule has 49 heavy (non-hydrogen) atoms. The average molecular weight is 626 g/mol. The molecule has 0 aliphatic heterocycles. The molecule has 0 N–H and O–H groups in total. The third-order valence-corrected chi connectivity index (χ3v) is 10.7. The van der Waals surface area contributed by atoms with Crippen LogP contribution in [0.25, 0.3) is 82.1 Å². The summed E-state index contributed by atoms with van der Waals surface area (Å²) in [6.07, 6.45) is 0. The Morgan fingerprint density at radius 1 is 0.490 bits per heavy atom. The van der Waals surface area contributed by atoms with E-state index in [0.717, 1.165) is 38.9 Å². The molecule has 0 saturated carbocycles. The van der Waals surface area contributed by atoms with Gasteiger partial charge in [-0.05, 0) is 93.4 Å². The number of hydrogen-bond acceptors (Lipinski definition) is 0. The maximum absolute atomic E-state index is 7.83. The fourth-order valence-electron chi connectivity index (χ4n) is 8.57. The van der Waals surface area contributed by atoms with Crippen molar-refractivity contribution in [1.82, 2.24) is 9.13 Å². The lowest BCUT2D eigenvalue weighted by molar-refractivity contribution is 0.666. The Morgan fingerprint density at radius 2 is 1.06 bits per heavy atom. The van der Waals surface area contributed by atoms with Gasteiger partial charge in [-0.1, -0.05) is 111 Å². The number of benzene rings is 7. The molecule has 0 radical (unpaired) electrons. The van der Waals surface area contributed by atoms with Crippen molar-refractivity contribution in [2.45, 2.75) is 19.3 Å². The summed E-state index contributed by atoms with van der Waals surface area (Å²) in [6, 6.07) is 54.6. The van der Waals surface area contributed by atoms with Gasteiger partial charge in [-0.25, -0.2) is 4.85 Å². The molecule has 7 aromatic carbocycles. The van der Waals surface area contributed by atoms with Crippen molar-refractivity contribution in [2.75, 3.05) is 0 Å². The van der Waals surface area contributed by atoms with E-state index in [-0.39, 0.29) is 5.41 Å². The van der Waals surface area contributed by atoms with Crippen molar-refractivity contribution in [2.24, 2.45) is 0 Å². The van der Waals surface area contributed by atoms with E-state index in [2.05, 4.69) is 173 Å². The molecule has 0 fully saturated rings. The molecule has 0 saturated heterocycles. The van der Waals surface area contributed by atoms with Crippen molar-refractivity contribution in [3.63, 3.8) is 0 Å². The van der Waals surface area contributed by atoms with Gasteiger partial charge in [-0.15, -0.1) is 0 Å². The summed E-state index contributed by atoms with van der Waals surface area (Å²) in [7, 11) is 0. The second-order valence-electron chi connectivity index (χ2n) is 13.7. The number of nitrogens with zero attached hydrogens (tertiary/aromatic N) is 3. The number of rotatable bonds is 3. The summed E-state index contributed by atoms with van der Waals surface area (Å²) in [6.45, 7) is 12.5. The van der Waals surface area contributed by atoms with Crippen LogP contribution in [0.1, 0.15) is 25.0 Å². The third kappa shape index (κ3) is 3.83. The lowest BCUT2D eigenvalue weighted by Crippen LogP contribution is -2.15. The van der Waals surface area contributed by atoms with Crippen LogP contribution in [0.15, 0.2) is 152 Å². The van der Waals surface area contributed by atoms with Crippen LogP contribution in [0.2, 0.25) is 0 Å². The second kappa shape index (κ2) is 10.1. The largest absolute Gasteiger partial charge is 0.309 e. The van der Waals surface area contributed by atoms with Crippen LogP contribution in [0.4, 0.5) is 5.69 Å². The van der Waals surface area contributed by atoms with E-state index < -0.39 is 0 Å². The highest BCUT2D eigenvalue weighted by atomic mass is 15.0. The first-order chi connectivity index (χ1) is 24.0. The molecule has 2 heterocycles. The molecule has 9 aromatic rings. The molecular weight excluding hydrogens is 595 g/mol. The van der Waals surface area contributed by atoms with Crippen molar-refractivity contribution in [3.8, 4) is 33.6 Å². The van der Waals surface area contributed by atoms with Gasteiger partial charge in [0.1, 0.15) is 0 Å². The summed E-state index contributed by atoms with van der Waals surface area (Å²) < 4.78 is 4.76. The Hall–Kier alpha value is -6.37. The Labute approximate surface area is 284 Å². The zero-order valence-electron chi connectivity index (χ0n) is 27.3. The van der Waals surface area contributed by atoms with Gasteiger partial charge in [0, 0.05) is 32.9 Å². The van der Waals surface area contributed by atoms with E-state index in [4.69, 9.17) is 6.57 Å². The number of hydrogen-bond donors (Lipinski definition) is 0. The van der Waals surface area contributed by atoms with Gasteiger partial charge in [0.15, 0.2) is 5.69 Å². The lowest BCUT2D eigenvalue weighted by Gasteiger charge is -2.22. The van der Waals surface area contributed by atoms with Crippen molar-refractivity contribution < 1.29 is 0 Å². The van der Waals surface area contributed by atoms with Gasteiger partial charge < -0.3 is 9.13 Å². The molecule has 0 spiro atoms. The van der Waals surface area contributed by atoms with E-state index in [9.17, 15) is 0 Å². The van der Waals surface area contributed by atoms with Gasteiger partial charge in [0.25, 0.3) is 0 Å². The smallest absolute Gasteiger partial charge is 0.188 e. The average Bonchev–Trinajstić information content (AvgIpc) is 3.74. The molecule has 2 aromatic heterocycles. The van der Waals surface area contributed by atoms with Crippen molar-refractivity contribution in [1.29, 1.82) is 0 Å². The second-order valence-corrected chi connectivity index (χ2v) is 13.7. The molecule has 3 heteroatoms. The molecule has 1 aliphatic carbocycles. The van der Waals surface area contributed by atoms with Crippen LogP contribution in [-0.2, 0) is 5.41 Å². The Morgan fingerprint density at radius 3 is 1.73 bits per heavy atom. The quantitative estimate of drug-likeness (QED) is 0.174. The summed E-state index contributed by atoms with van der Waals surface area (Å²) in [5, 5.41) is 4.88. The normalized spacial score (nSPS) is 13.2. The molecule has 10 rings (SSSR count). The minimum Gasteiger partial charge on any atom is -0.309 e. The van der Waals surface area contributed by atoms with Crippen molar-refractivity contribution in [3.05, 3.63) is 174 Å². The SMILES string of the molecule is [C-]#[N+]c1ccc2c(c1)c1c3c(ccc1n2-c1cccc(-c2cccc(-n4c5ccccc5c5ccccc54)c2)c1)-c1ccccc1C3(C)C. The van der Waals surface area contributed by atoms with E-state index >= 15 is 0 Å². The van der Waals surface area contributed by atoms with E-state index in [0.29, 0.717) is 5.69 Å². The van der Waals surface area contributed by atoms with Gasteiger partial charge in [-0.3, -0.25) is 0 Å². The molecule has 0 bridgehead atoms.